The van der Waals surface area contributed by atoms with Crippen molar-refractivity contribution >= 4 is 33.4 Å². The Bertz CT molecular complexity index is 604. The van der Waals surface area contributed by atoms with Crippen LogP contribution in [0.5, 0.6) is 0 Å². The fraction of sp³-hybridized carbons (Fsp3) is 0.286. The number of rotatable bonds is 5. The van der Waals surface area contributed by atoms with Crippen molar-refractivity contribution in [3.8, 4) is 0 Å². The second kappa shape index (κ2) is 6.65. The molecule has 0 saturated carbocycles. The summed E-state index contributed by atoms with van der Waals surface area (Å²) >= 11 is 3.43. The van der Waals surface area contributed by atoms with Gasteiger partial charge in [-0.3, -0.25) is 0 Å². The maximum Gasteiger partial charge on any atom is 0.224 e. The van der Waals surface area contributed by atoms with Crippen LogP contribution < -0.4 is 10.6 Å². The van der Waals surface area contributed by atoms with Gasteiger partial charge in [-0.15, -0.1) is 0 Å². The van der Waals surface area contributed by atoms with E-state index in [0.29, 0.717) is 5.95 Å². The Labute approximate surface area is 126 Å². The lowest BCUT2D eigenvalue weighted by atomic mass is 10.2. The number of aromatic nitrogens is 2. The molecule has 4 nitrogen and oxygen atoms in total. The molecule has 0 unspecified atom stereocenters. The summed E-state index contributed by atoms with van der Waals surface area (Å²) in [7, 11) is 0. The highest BCUT2D eigenvalue weighted by Crippen LogP contribution is 2.23. The number of nitrogens with one attached hydrogen (secondary N) is 2. The molecule has 1 aromatic carbocycles. The first-order valence-corrected chi connectivity index (χ1v) is 7.19. The normalized spacial score (nSPS) is 10.4. The van der Waals surface area contributed by atoms with Gasteiger partial charge in [-0.1, -0.05) is 22.9 Å². The van der Waals surface area contributed by atoms with Crippen LogP contribution in [0, 0.1) is 12.7 Å². The van der Waals surface area contributed by atoms with Crippen molar-refractivity contribution in [1.82, 2.24) is 9.97 Å². The molecule has 2 N–H and O–H groups in total. The maximum atomic E-state index is 13.7. The van der Waals surface area contributed by atoms with Gasteiger partial charge in [0.25, 0.3) is 0 Å². The van der Waals surface area contributed by atoms with E-state index in [4.69, 9.17) is 0 Å². The van der Waals surface area contributed by atoms with Crippen molar-refractivity contribution in [2.24, 2.45) is 0 Å². The Morgan fingerprint density at radius 1 is 1.35 bits per heavy atom. The van der Waals surface area contributed by atoms with Gasteiger partial charge >= 0.3 is 0 Å². The highest BCUT2D eigenvalue weighted by atomic mass is 79.9. The average Bonchev–Trinajstić information content (AvgIpc) is 2.44. The van der Waals surface area contributed by atoms with E-state index in [1.165, 1.54) is 6.20 Å². The van der Waals surface area contributed by atoms with E-state index in [1.807, 2.05) is 32.0 Å². The molecule has 2 aromatic rings. The molecule has 0 bridgehead atoms. The van der Waals surface area contributed by atoms with Gasteiger partial charge < -0.3 is 10.6 Å². The summed E-state index contributed by atoms with van der Waals surface area (Å²) in [5.74, 6) is 0.109. The molecule has 0 saturated heterocycles. The van der Waals surface area contributed by atoms with E-state index < -0.39 is 5.82 Å². The zero-order valence-electron chi connectivity index (χ0n) is 11.4. The highest BCUT2D eigenvalue weighted by molar-refractivity contribution is 9.10. The summed E-state index contributed by atoms with van der Waals surface area (Å²) < 4.78 is 14.7. The highest BCUT2D eigenvalue weighted by Gasteiger charge is 2.07. The van der Waals surface area contributed by atoms with Gasteiger partial charge in [-0.05, 0) is 37.1 Å². The zero-order chi connectivity index (χ0) is 14.5. The predicted molar refractivity (Wildman–Crippen MR) is 82.9 cm³/mol. The van der Waals surface area contributed by atoms with E-state index in [2.05, 4.69) is 36.5 Å². The lowest BCUT2D eigenvalue weighted by molar-refractivity contribution is 0.619. The first-order valence-electron chi connectivity index (χ1n) is 6.39. The second-order valence-electron chi connectivity index (χ2n) is 4.41. The Balaban J connectivity index is 2.20. The van der Waals surface area contributed by atoms with Gasteiger partial charge in [0.05, 0.1) is 6.20 Å². The van der Waals surface area contributed by atoms with Crippen LogP contribution in [-0.2, 0) is 0 Å². The molecule has 106 valence electrons. The minimum atomic E-state index is -0.479. The third-order valence-electron chi connectivity index (χ3n) is 2.70. The molecule has 0 aliphatic heterocycles. The first-order chi connectivity index (χ1) is 9.60. The fourth-order valence-corrected chi connectivity index (χ4v) is 1.88. The summed E-state index contributed by atoms with van der Waals surface area (Å²) in [5, 5.41) is 6.00. The molecule has 6 heteroatoms. The van der Waals surface area contributed by atoms with Crippen LogP contribution >= 0.6 is 15.9 Å². The molecule has 0 aliphatic carbocycles. The number of hydrogen-bond donors (Lipinski definition) is 2. The maximum absolute atomic E-state index is 13.7. The second-order valence-corrected chi connectivity index (χ2v) is 5.26. The van der Waals surface area contributed by atoms with Crippen molar-refractivity contribution in [1.29, 1.82) is 0 Å². The topological polar surface area (TPSA) is 49.8 Å². The summed E-state index contributed by atoms with van der Waals surface area (Å²) in [4.78, 5) is 8.04. The van der Waals surface area contributed by atoms with Crippen LogP contribution in [-0.4, -0.2) is 16.5 Å². The minimum Gasteiger partial charge on any atom is -0.354 e. The van der Waals surface area contributed by atoms with Gasteiger partial charge in [-0.2, -0.15) is 4.98 Å². The molecule has 0 spiro atoms. The standard InChI is InChI=1S/C14H16BrFN4/c1-3-6-17-14-18-8-12(16)13(20-14)19-10-4-5-11(15)9(2)7-10/h4-5,7-8H,3,6H2,1-2H3,(H2,17,18,19,20). The molecular formula is C14H16BrFN4. The molecule has 1 heterocycles. The van der Waals surface area contributed by atoms with E-state index in [-0.39, 0.29) is 5.82 Å². The van der Waals surface area contributed by atoms with E-state index >= 15 is 0 Å². The Hall–Kier alpha value is -1.69. The minimum absolute atomic E-state index is 0.167. The van der Waals surface area contributed by atoms with Crippen molar-refractivity contribution in [2.45, 2.75) is 20.3 Å². The summed E-state index contributed by atoms with van der Waals surface area (Å²) in [6.45, 7) is 4.77. The SMILES string of the molecule is CCCNc1ncc(F)c(Nc2ccc(Br)c(C)c2)n1. The van der Waals surface area contributed by atoms with E-state index in [1.54, 1.807) is 0 Å². The van der Waals surface area contributed by atoms with Gasteiger partial charge in [-0.25, -0.2) is 9.37 Å². The molecule has 0 amide bonds. The van der Waals surface area contributed by atoms with Crippen LogP contribution in [0.3, 0.4) is 0 Å². The Morgan fingerprint density at radius 2 is 2.15 bits per heavy atom. The number of anilines is 3. The number of nitrogens with zero attached hydrogens (tertiary/aromatic N) is 2. The van der Waals surface area contributed by atoms with Crippen molar-refractivity contribution < 1.29 is 4.39 Å². The average molecular weight is 339 g/mol. The smallest absolute Gasteiger partial charge is 0.224 e. The van der Waals surface area contributed by atoms with Gasteiger partial charge in [0.1, 0.15) is 0 Å². The predicted octanol–water partition coefficient (Wildman–Crippen LogP) is 4.25. The van der Waals surface area contributed by atoms with Crippen LogP contribution in [0.1, 0.15) is 18.9 Å². The fourth-order valence-electron chi connectivity index (χ4n) is 1.64. The lowest BCUT2D eigenvalue weighted by Crippen LogP contribution is -2.07. The van der Waals surface area contributed by atoms with Crippen molar-refractivity contribution in [2.75, 3.05) is 17.2 Å². The van der Waals surface area contributed by atoms with Crippen LogP contribution in [0.2, 0.25) is 0 Å². The molecular weight excluding hydrogens is 323 g/mol. The third kappa shape index (κ3) is 3.66. The van der Waals surface area contributed by atoms with E-state index in [0.717, 1.165) is 28.7 Å². The molecule has 20 heavy (non-hydrogen) atoms. The number of halogens is 2. The monoisotopic (exact) mass is 338 g/mol. The van der Waals surface area contributed by atoms with Crippen molar-refractivity contribution in [3.63, 3.8) is 0 Å². The molecule has 0 fully saturated rings. The van der Waals surface area contributed by atoms with Gasteiger partial charge in [0.2, 0.25) is 5.95 Å². The Morgan fingerprint density at radius 3 is 2.85 bits per heavy atom. The zero-order valence-corrected chi connectivity index (χ0v) is 13.0. The quantitative estimate of drug-likeness (QED) is 0.855. The largest absolute Gasteiger partial charge is 0.354 e. The third-order valence-corrected chi connectivity index (χ3v) is 3.59. The summed E-state index contributed by atoms with van der Waals surface area (Å²) in [6, 6.07) is 5.69. The van der Waals surface area contributed by atoms with Gasteiger partial charge in [0.15, 0.2) is 11.6 Å². The molecule has 0 atom stereocenters. The molecule has 0 aliphatic rings. The van der Waals surface area contributed by atoms with Crippen molar-refractivity contribution in [3.05, 3.63) is 40.2 Å². The van der Waals surface area contributed by atoms with Crippen LogP contribution in [0.15, 0.2) is 28.9 Å². The van der Waals surface area contributed by atoms with Gasteiger partial charge in [0, 0.05) is 16.7 Å². The first kappa shape index (κ1) is 14.7. The molecule has 2 rings (SSSR count). The number of benzene rings is 1. The summed E-state index contributed by atoms with van der Waals surface area (Å²) in [5.41, 5.74) is 1.85. The van der Waals surface area contributed by atoms with Crippen LogP contribution in [0.4, 0.5) is 21.8 Å². The molecule has 0 radical (unpaired) electrons. The van der Waals surface area contributed by atoms with E-state index in [9.17, 15) is 4.39 Å². The summed E-state index contributed by atoms with van der Waals surface area (Å²) in [6.07, 6.45) is 2.12. The number of hydrogen-bond acceptors (Lipinski definition) is 4. The molecule has 1 aromatic heterocycles. The van der Waals surface area contributed by atoms with Crippen LogP contribution in [0.25, 0.3) is 0 Å². The lowest BCUT2D eigenvalue weighted by Gasteiger charge is -2.10. The number of aryl methyl sites for hydroxylation is 1. The Kier molecular flexibility index (Phi) is 4.89.